The first-order valence-corrected chi connectivity index (χ1v) is 13.3. The quantitative estimate of drug-likeness (QED) is 0.317. The average molecular weight is 519 g/mol. The van der Waals surface area contributed by atoms with E-state index in [1.54, 1.807) is 24.4 Å². The highest BCUT2D eigenvalue weighted by Crippen LogP contribution is 2.35. The van der Waals surface area contributed by atoms with Crippen LogP contribution in [0.2, 0.25) is 0 Å². The first-order valence-electron chi connectivity index (χ1n) is 10.7. The van der Waals surface area contributed by atoms with Gasteiger partial charge in [0.1, 0.15) is 0 Å². The van der Waals surface area contributed by atoms with E-state index in [-0.39, 0.29) is 11.8 Å². The van der Waals surface area contributed by atoms with Gasteiger partial charge < -0.3 is 5.32 Å². The summed E-state index contributed by atoms with van der Waals surface area (Å²) in [4.78, 5) is 26.8. The molecule has 1 aliphatic rings. The van der Waals surface area contributed by atoms with Crippen molar-refractivity contribution >= 4 is 67.6 Å². The van der Waals surface area contributed by atoms with Crippen LogP contribution < -0.4 is 5.32 Å². The SMILES string of the molecule is CC(=O)Nc1ccc(/C=C2/SC(=S)N(/C=C(\c3ccccc3)S(=O)Cc3ccccc3)C2=O)cc1. The van der Waals surface area contributed by atoms with Crippen LogP contribution in [0.4, 0.5) is 5.69 Å². The second-order valence-electron chi connectivity index (χ2n) is 7.69. The molecule has 1 N–H and O–H groups in total. The van der Waals surface area contributed by atoms with Crippen molar-refractivity contribution in [1.29, 1.82) is 0 Å². The molecule has 35 heavy (non-hydrogen) atoms. The summed E-state index contributed by atoms with van der Waals surface area (Å²) in [6.45, 7) is 1.45. The van der Waals surface area contributed by atoms with Crippen molar-refractivity contribution in [2.75, 3.05) is 5.32 Å². The fourth-order valence-electron chi connectivity index (χ4n) is 3.40. The number of hydrogen-bond acceptors (Lipinski definition) is 5. The molecule has 4 rings (SSSR count). The van der Waals surface area contributed by atoms with Crippen LogP contribution in [0.3, 0.4) is 0 Å². The van der Waals surface area contributed by atoms with E-state index in [2.05, 4.69) is 5.32 Å². The van der Waals surface area contributed by atoms with Gasteiger partial charge in [0.2, 0.25) is 5.91 Å². The van der Waals surface area contributed by atoms with E-state index >= 15 is 0 Å². The van der Waals surface area contributed by atoms with Gasteiger partial charge in [-0.05, 0) is 34.9 Å². The third kappa shape index (κ3) is 6.42. The molecule has 1 atom stereocenters. The van der Waals surface area contributed by atoms with Crippen LogP contribution in [0.1, 0.15) is 23.6 Å². The van der Waals surface area contributed by atoms with Crippen molar-refractivity contribution in [3.63, 3.8) is 0 Å². The smallest absolute Gasteiger partial charge is 0.270 e. The molecule has 1 fully saturated rings. The number of nitrogens with zero attached hydrogens (tertiary/aromatic N) is 1. The van der Waals surface area contributed by atoms with Crippen LogP contribution in [-0.2, 0) is 26.1 Å². The number of hydrogen-bond donors (Lipinski definition) is 1. The van der Waals surface area contributed by atoms with Crippen molar-refractivity contribution in [2.45, 2.75) is 12.7 Å². The maximum absolute atomic E-state index is 13.4. The molecule has 0 radical (unpaired) electrons. The van der Waals surface area contributed by atoms with Crippen molar-refractivity contribution < 1.29 is 13.8 Å². The Hall–Kier alpha value is -3.33. The molecule has 0 saturated carbocycles. The molecule has 2 amide bonds. The van der Waals surface area contributed by atoms with Crippen LogP contribution in [-0.4, -0.2) is 25.2 Å². The number of carbonyl (C=O) groups is 2. The topological polar surface area (TPSA) is 66.5 Å². The van der Waals surface area contributed by atoms with Gasteiger partial charge >= 0.3 is 0 Å². The molecule has 1 aliphatic heterocycles. The fraction of sp³-hybridized carbons (Fsp3) is 0.0741. The van der Waals surface area contributed by atoms with E-state index in [1.165, 1.54) is 23.6 Å². The lowest BCUT2D eigenvalue weighted by atomic mass is 10.2. The van der Waals surface area contributed by atoms with E-state index in [0.29, 0.717) is 25.6 Å². The van der Waals surface area contributed by atoms with Crippen molar-refractivity contribution in [3.05, 3.63) is 113 Å². The van der Waals surface area contributed by atoms with Gasteiger partial charge in [0.25, 0.3) is 5.91 Å². The fourth-order valence-corrected chi connectivity index (χ4v) is 5.88. The molecule has 1 heterocycles. The van der Waals surface area contributed by atoms with Gasteiger partial charge in [-0.3, -0.25) is 18.7 Å². The van der Waals surface area contributed by atoms with Crippen LogP contribution >= 0.6 is 24.0 Å². The number of anilines is 1. The minimum atomic E-state index is -1.40. The minimum Gasteiger partial charge on any atom is -0.326 e. The predicted molar refractivity (Wildman–Crippen MR) is 148 cm³/mol. The number of rotatable bonds is 7. The molecular formula is C27H22N2O3S3. The molecule has 8 heteroatoms. The Morgan fingerprint density at radius 2 is 1.63 bits per heavy atom. The molecule has 1 unspecified atom stereocenters. The first kappa shape index (κ1) is 24.8. The highest BCUT2D eigenvalue weighted by molar-refractivity contribution is 8.26. The van der Waals surface area contributed by atoms with E-state index < -0.39 is 10.8 Å². The molecule has 0 bridgehead atoms. The zero-order valence-corrected chi connectivity index (χ0v) is 21.3. The van der Waals surface area contributed by atoms with Gasteiger partial charge in [-0.2, -0.15) is 0 Å². The summed E-state index contributed by atoms with van der Waals surface area (Å²) in [5.74, 6) is -0.0901. The first-order chi connectivity index (χ1) is 16.9. The maximum atomic E-state index is 13.4. The van der Waals surface area contributed by atoms with E-state index in [1.807, 2.05) is 72.8 Å². The number of thiocarbonyl (C=S) groups is 1. The van der Waals surface area contributed by atoms with Crippen molar-refractivity contribution in [3.8, 4) is 0 Å². The van der Waals surface area contributed by atoms with E-state index in [0.717, 1.165) is 16.7 Å². The Bertz CT molecular complexity index is 1340. The van der Waals surface area contributed by atoms with Crippen LogP contribution in [0.25, 0.3) is 11.0 Å². The lowest BCUT2D eigenvalue weighted by Crippen LogP contribution is -2.22. The standard InChI is InChI=1S/C27H22N2O3S3/c1-19(30)28-23-14-12-20(13-15-23)16-24-26(31)29(27(33)34-24)17-25(22-10-6-3-7-11-22)35(32)18-21-8-4-2-5-9-21/h2-17H,18H2,1H3,(H,28,30)/b24-16+,25-17+. The predicted octanol–water partition coefficient (Wildman–Crippen LogP) is 5.79. The number of carbonyl (C=O) groups excluding carboxylic acids is 2. The van der Waals surface area contributed by atoms with Gasteiger partial charge in [0.15, 0.2) is 4.32 Å². The number of nitrogens with one attached hydrogen (secondary N) is 1. The summed E-state index contributed by atoms with van der Waals surface area (Å²) in [6.07, 6.45) is 3.36. The minimum absolute atomic E-state index is 0.149. The summed E-state index contributed by atoms with van der Waals surface area (Å²) in [7, 11) is -1.40. The molecule has 0 aliphatic carbocycles. The molecule has 5 nitrogen and oxygen atoms in total. The highest BCUT2D eigenvalue weighted by Gasteiger charge is 2.32. The molecule has 3 aromatic rings. The Morgan fingerprint density at radius 1 is 1.00 bits per heavy atom. The Labute approximate surface area is 216 Å². The molecule has 3 aromatic carbocycles. The second kappa shape index (κ2) is 11.4. The lowest BCUT2D eigenvalue weighted by molar-refractivity contribution is -0.120. The maximum Gasteiger partial charge on any atom is 0.270 e. The van der Waals surface area contributed by atoms with Gasteiger partial charge in [0, 0.05) is 18.8 Å². The van der Waals surface area contributed by atoms with Crippen molar-refractivity contribution in [2.24, 2.45) is 0 Å². The van der Waals surface area contributed by atoms with E-state index in [9.17, 15) is 13.8 Å². The van der Waals surface area contributed by atoms with Gasteiger partial charge in [-0.15, -0.1) is 0 Å². The molecule has 0 aromatic heterocycles. The molecular weight excluding hydrogens is 497 g/mol. The van der Waals surface area contributed by atoms with Crippen LogP contribution in [0.5, 0.6) is 0 Å². The number of amides is 2. The normalized spacial score (nSPS) is 16.0. The van der Waals surface area contributed by atoms with Gasteiger partial charge in [-0.1, -0.05) is 96.8 Å². The monoisotopic (exact) mass is 518 g/mol. The average Bonchev–Trinajstić information content (AvgIpc) is 3.11. The Kier molecular flexibility index (Phi) is 8.07. The highest BCUT2D eigenvalue weighted by atomic mass is 32.2. The Morgan fingerprint density at radius 3 is 2.26 bits per heavy atom. The van der Waals surface area contributed by atoms with Crippen molar-refractivity contribution in [1.82, 2.24) is 4.90 Å². The largest absolute Gasteiger partial charge is 0.326 e. The summed E-state index contributed by atoms with van der Waals surface area (Å²) in [6, 6.07) is 26.2. The Balaban J connectivity index is 1.61. The summed E-state index contributed by atoms with van der Waals surface area (Å²) < 4.78 is 13.8. The summed E-state index contributed by atoms with van der Waals surface area (Å²) in [5, 5.41) is 2.72. The number of thioether (sulfide) groups is 1. The third-order valence-corrected chi connectivity index (χ3v) is 7.80. The molecule has 0 spiro atoms. The molecule has 176 valence electrons. The van der Waals surface area contributed by atoms with Crippen LogP contribution in [0, 0.1) is 0 Å². The second-order valence-corrected chi connectivity index (χ2v) is 10.8. The van der Waals surface area contributed by atoms with E-state index in [4.69, 9.17) is 12.2 Å². The van der Waals surface area contributed by atoms with Crippen LogP contribution in [0.15, 0.2) is 96.0 Å². The van der Waals surface area contributed by atoms with Gasteiger partial charge in [-0.25, -0.2) is 0 Å². The zero-order valence-electron chi connectivity index (χ0n) is 18.8. The molecule has 1 saturated heterocycles. The third-order valence-electron chi connectivity index (χ3n) is 5.04. The summed E-state index contributed by atoms with van der Waals surface area (Å²) >= 11 is 6.70. The summed E-state index contributed by atoms with van der Waals surface area (Å²) in [5.41, 5.74) is 3.20. The zero-order chi connectivity index (χ0) is 24.8. The van der Waals surface area contributed by atoms with Gasteiger partial charge in [0.05, 0.1) is 26.4 Å². The lowest BCUT2D eigenvalue weighted by Gasteiger charge is -2.14. The number of benzene rings is 3.